The molecule has 0 atom stereocenters. The number of piperidine rings is 1. The first-order valence-corrected chi connectivity index (χ1v) is 11.7. The molecule has 166 valence electrons. The zero-order valence-corrected chi connectivity index (χ0v) is 18.6. The first-order chi connectivity index (χ1) is 15.8. The number of carbonyl (C=O) groups is 1. The second kappa shape index (κ2) is 11.5. The quantitative estimate of drug-likeness (QED) is 0.547. The fourth-order valence-electron chi connectivity index (χ4n) is 4.36. The van der Waals surface area contributed by atoms with E-state index in [2.05, 4.69) is 47.8 Å². The average molecular weight is 430 g/mol. The summed E-state index contributed by atoms with van der Waals surface area (Å²) >= 11 is 0. The molecule has 1 aliphatic heterocycles. The number of benzene rings is 3. The lowest BCUT2D eigenvalue weighted by atomic mass is 9.95. The van der Waals surface area contributed by atoms with Crippen LogP contribution in [0.4, 0.5) is 0 Å². The summed E-state index contributed by atoms with van der Waals surface area (Å²) in [5.74, 6) is 1.28. The maximum Gasteiger partial charge on any atom is 0.223 e. The summed E-state index contributed by atoms with van der Waals surface area (Å²) in [6.07, 6.45) is 2.80. The van der Waals surface area contributed by atoms with Gasteiger partial charge >= 0.3 is 0 Å². The monoisotopic (exact) mass is 429 g/mol. The van der Waals surface area contributed by atoms with Crippen molar-refractivity contribution in [2.45, 2.75) is 32.4 Å². The summed E-state index contributed by atoms with van der Waals surface area (Å²) in [6.45, 7) is 4.34. The molecule has 3 aromatic carbocycles. The van der Waals surface area contributed by atoms with Gasteiger partial charge in [0.15, 0.2) is 0 Å². The third-order valence-corrected chi connectivity index (χ3v) is 6.22. The Labute approximate surface area is 191 Å². The summed E-state index contributed by atoms with van der Waals surface area (Å²) in [5, 5.41) is 3.14. The van der Waals surface area contributed by atoms with Crippen LogP contribution in [0.25, 0.3) is 0 Å². The van der Waals surface area contributed by atoms with Crippen LogP contribution in [0.3, 0.4) is 0 Å². The minimum Gasteiger partial charge on any atom is -0.489 e. The molecule has 1 heterocycles. The molecule has 0 spiro atoms. The smallest absolute Gasteiger partial charge is 0.223 e. The van der Waals surface area contributed by atoms with Crippen LogP contribution in [0.1, 0.15) is 29.5 Å². The van der Waals surface area contributed by atoms with Crippen LogP contribution < -0.4 is 15.0 Å². The van der Waals surface area contributed by atoms with Crippen molar-refractivity contribution >= 4 is 5.91 Å². The van der Waals surface area contributed by atoms with E-state index in [0.29, 0.717) is 13.2 Å². The number of carbonyl (C=O) groups excluding carboxylic acids is 1. The molecule has 1 amide bonds. The van der Waals surface area contributed by atoms with Crippen molar-refractivity contribution < 1.29 is 14.4 Å². The first-order valence-electron chi connectivity index (χ1n) is 11.7. The van der Waals surface area contributed by atoms with E-state index in [1.165, 1.54) is 16.7 Å². The van der Waals surface area contributed by atoms with Crippen molar-refractivity contribution in [1.29, 1.82) is 0 Å². The highest BCUT2D eigenvalue weighted by molar-refractivity contribution is 5.78. The van der Waals surface area contributed by atoms with E-state index in [9.17, 15) is 4.79 Å². The van der Waals surface area contributed by atoms with Gasteiger partial charge in [-0.3, -0.25) is 4.79 Å². The van der Waals surface area contributed by atoms with Crippen molar-refractivity contribution in [1.82, 2.24) is 5.32 Å². The standard InChI is InChI=1S/C28H32N2O2/c31-28(29-17-14-23-8-3-1-4-9-23)26-15-18-30(19-16-26)21-25-12-7-13-27(20-25)32-22-24-10-5-2-6-11-24/h1-13,20,26H,14-19,21-22H2,(H,29,31)/p+1. The molecule has 4 heteroatoms. The summed E-state index contributed by atoms with van der Waals surface area (Å²) in [7, 11) is 0. The predicted molar refractivity (Wildman–Crippen MR) is 127 cm³/mol. The third kappa shape index (κ3) is 6.69. The number of ether oxygens (including phenoxy) is 1. The molecule has 1 fully saturated rings. The topological polar surface area (TPSA) is 42.8 Å². The van der Waals surface area contributed by atoms with Crippen LogP contribution in [-0.2, 0) is 24.4 Å². The van der Waals surface area contributed by atoms with Crippen molar-refractivity contribution in [3.63, 3.8) is 0 Å². The number of nitrogens with one attached hydrogen (secondary N) is 2. The van der Waals surface area contributed by atoms with Gasteiger partial charge in [-0.05, 0) is 29.7 Å². The Morgan fingerprint density at radius 3 is 2.22 bits per heavy atom. The van der Waals surface area contributed by atoms with E-state index in [1.807, 2.05) is 42.5 Å². The van der Waals surface area contributed by atoms with Gasteiger partial charge in [-0.15, -0.1) is 0 Å². The molecular weight excluding hydrogens is 396 g/mol. The van der Waals surface area contributed by atoms with Gasteiger partial charge in [0, 0.05) is 30.9 Å². The molecule has 0 aliphatic carbocycles. The van der Waals surface area contributed by atoms with Crippen LogP contribution in [-0.4, -0.2) is 25.5 Å². The molecule has 1 aliphatic rings. The fourth-order valence-corrected chi connectivity index (χ4v) is 4.36. The van der Waals surface area contributed by atoms with Crippen molar-refractivity contribution in [2.75, 3.05) is 19.6 Å². The van der Waals surface area contributed by atoms with Crippen LogP contribution in [0.2, 0.25) is 0 Å². The zero-order chi connectivity index (χ0) is 22.0. The fraction of sp³-hybridized carbons (Fsp3) is 0.321. The predicted octanol–water partition coefficient (Wildman–Crippen LogP) is 3.42. The Morgan fingerprint density at radius 1 is 0.844 bits per heavy atom. The molecule has 0 unspecified atom stereocenters. The third-order valence-electron chi connectivity index (χ3n) is 6.22. The number of likely N-dealkylation sites (tertiary alicyclic amines) is 1. The molecule has 4 rings (SSSR count). The molecule has 2 N–H and O–H groups in total. The highest BCUT2D eigenvalue weighted by atomic mass is 16.5. The summed E-state index contributed by atoms with van der Waals surface area (Å²) in [5.41, 5.74) is 3.73. The minimum absolute atomic E-state index is 0.148. The van der Waals surface area contributed by atoms with Gasteiger partial charge in [0.25, 0.3) is 0 Å². The highest BCUT2D eigenvalue weighted by Gasteiger charge is 2.27. The van der Waals surface area contributed by atoms with E-state index < -0.39 is 0 Å². The first kappa shape index (κ1) is 22.1. The second-order valence-electron chi connectivity index (χ2n) is 8.65. The number of quaternary nitrogens is 1. The molecule has 1 saturated heterocycles. The Bertz CT molecular complexity index is 967. The normalized spacial score (nSPS) is 18.1. The molecule has 32 heavy (non-hydrogen) atoms. The Kier molecular flexibility index (Phi) is 7.94. The number of hydrogen-bond acceptors (Lipinski definition) is 2. The lowest BCUT2D eigenvalue weighted by molar-refractivity contribution is -0.919. The Morgan fingerprint density at radius 2 is 1.50 bits per heavy atom. The lowest BCUT2D eigenvalue weighted by Gasteiger charge is -2.28. The average Bonchev–Trinajstić information content (AvgIpc) is 2.85. The summed E-state index contributed by atoms with van der Waals surface area (Å²) in [4.78, 5) is 14.1. The van der Waals surface area contributed by atoms with E-state index >= 15 is 0 Å². The van der Waals surface area contributed by atoms with Gasteiger partial charge in [0.05, 0.1) is 13.1 Å². The zero-order valence-electron chi connectivity index (χ0n) is 18.6. The van der Waals surface area contributed by atoms with Gasteiger partial charge in [-0.2, -0.15) is 0 Å². The minimum atomic E-state index is 0.148. The van der Waals surface area contributed by atoms with Gasteiger partial charge in [0.1, 0.15) is 18.9 Å². The number of rotatable bonds is 9. The molecule has 4 nitrogen and oxygen atoms in total. The van der Waals surface area contributed by atoms with Gasteiger partial charge < -0.3 is 15.0 Å². The summed E-state index contributed by atoms with van der Waals surface area (Å²) < 4.78 is 5.98. The van der Waals surface area contributed by atoms with Crippen LogP contribution >= 0.6 is 0 Å². The van der Waals surface area contributed by atoms with Crippen molar-refractivity contribution in [3.05, 3.63) is 102 Å². The van der Waals surface area contributed by atoms with Crippen LogP contribution in [0.5, 0.6) is 5.75 Å². The van der Waals surface area contributed by atoms with Gasteiger partial charge in [0.2, 0.25) is 5.91 Å². The molecule has 0 radical (unpaired) electrons. The van der Waals surface area contributed by atoms with E-state index in [0.717, 1.165) is 44.6 Å². The highest BCUT2D eigenvalue weighted by Crippen LogP contribution is 2.16. The Hall–Kier alpha value is -3.11. The molecule has 0 aromatic heterocycles. The molecule has 0 saturated carbocycles. The SMILES string of the molecule is O=C(NCCc1ccccc1)C1CC[NH+](Cc2cccc(OCc3ccccc3)c2)CC1. The number of amides is 1. The Balaban J connectivity index is 1.19. The van der Waals surface area contributed by atoms with Crippen LogP contribution in [0.15, 0.2) is 84.9 Å². The van der Waals surface area contributed by atoms with E-state index in [-0.39, 0.29) is 11.8 Å². The summed E-state index contributed by atoms with van der Waals surface area (Å²) in [6, 6.07) is 29.0. The maximum atomic E-state index is 12.5. The van der Waals surface area contributed by atoms with E-state index in [4.69, 9.17) is 4.74 Å². The van der Waals surface area contributed by atoms with Gasteiger partial charge in [-0.25, -0.2) is 0 Å². The van der Waals surface area contributed by atoms with Crippen molar-refractivity contribution in [2.24, 2.45) is 5.92 Å². The second-order valence-corrected chi connectivity index (χ2v) is 8.65. The maximum absolute atomic E-state index is 12.5. The van der Waals surface area contributed by atoms with Gasteiger partial charge in [-0.1, -0.05) is 72.8 Å². The molecular formula is C28H33N2O2+. The van der Waals surface area contributed by atoms with Crippen molar-refractivity contribution in [3.8, 4) is 5.75 Å². The number of hydrogen-bond donors (Lipinski definition) is 2. The lowest BCUT2D eigenvalue weighted by Crippen LogP contribution is -3.11. The molecule has 0 bridgehead atoms. The largest absolute Gasteiger partial charge is 0.489 e. The molecule has 3 aromatic rings. The van der Waals surface area contributed by atoms with E-state index in [1.54, 1.807) is 4.90 Å². The van der Waals surface area contributed by atoms with Crippen LogP contribution in [0, 0.1) is 5.92 Å².